The fraction of sp³-hybridized carbons (Fsp3) is 0.100. The minimum atomic E-state index is -0.339. The van der Waals surface area contributed by atoms with E-state index in [1.807, 2.05) is 48.6 Å². The topological polar surface area (TPSA) is 63.2 Å². The number of carbonyl (C=O) groups excluding carboxylic acids is 3. The molecule has 5 rings (SSSR count). The lowest BCUT2D eigenvalue weighted by molar-refractivity contribution is -0.112. The van der Waals surface area contributed by atoms with Crippen LogP contribution in [0.4, 0.5) is 5.69 Å². The molecule has 5 heteroatoms. The van der Waals surface area contributed by atoms with Crippen LogP contribution >= 0.6 is 11.8 Å². The summed E-state index contributed by atoms with van der Waals surface area (Å²) in [6.45, 7) is 4.10. The van der Waals surface area contributed by atoms with E-state index < -0.39 is 0 Å². The zero-order valence-electron chi connectivity index (χ0n) is 19.4. The molecule has 3 aromatic carbocycles. The Bertz CT molecular complexity index is 1460. The first-order chi connectivity index (χ1) is 16.8. The predicted octanol–water partition coefficient (Wildman–Crippen LogP) is 6.63. The first-order valence-corrected chi connectivity index (χ1v) is 12.1. The largest absolute Gasteiger partial charge is 0.321 e. The number of nitrogens with one attached hydrogen (secondary N) is 1. The molecular formula is C30H23NO3S. The van der Waals surface area contributed by atoms with E-state index in [0.717, 1.165) is 4.90 Å². The Hall–Kier alpha value is -3.96. The van der Waals surface area contributed by atoms with Gasteiger partial charge in [-0.25, -0.2) is 0 Å². The number of hydrogen-bond donors (Lipinski definition) is 1. The van der Waals surface area contributed by atoms with Crippen LogP contribution in [0, 0.1) is 5.41 Å². The first kappa shape index (κ1) is 22.8. The third-order valence-corrected chi connectivity index (χ3v) is 7.08. The molecule has 2 aliphatic carbocycles. The molecule has 0 spiro atoms. The molecule has 0 atom stereocenters. The summed E-state index contributed by atoms with van der Waals surface area (Å²) in [5.74, 6) is -0.830. The molecule has 0 aliphatic heterocycles. The first-order valence-electron chi connectivity index (χ1n) is 11.3. The van der Waals surface area contributed by atoms with Crippen molar-refractivity contribution in [1.29, 1.82) is 0 Å². The quantitative estimate of drug-likeness (QED) is 0.358. The number of benzene rings is 3. The lowest BCUT2D eigenvalue weighted by Crippen LogP contribution is -2.25. The minimum Gasteiger partial charge on any atom is -0.321 e. The SMILES string of the molecule is CC1(C)C=CC=C(C(=O)Nc2ccc(Sc3ccccc3)c3c2C(=O)c2ccccc2C3=O)C=C1. The lowest BCUT2D eigenvalue weighted by atomic mass is 9.83. The number of carbonyl (C=O) groups is 3. The Morgan fingerprint density at radius 1 is 0.800 bits per heavy atom. The highest BCUT2D eigenvalue weighted by Crippen LogP contribution is 2.40. The second-order valence-electron chi connectivity index (χ2n) is 9.07. The zero-order valence-corrected chi connectivity index (χ0v) is 20.2. The van der Waals surface area contributed by atoms with E-state index in [-0.39, 0.29) is 28.5 Å². The summed E-state index contributed by atoms with van der Waals surface area (Å²) in [5.41, 5.74) is 1.92. The van der Waals surface area contributed by atoms with Gasteiger partial charge in [-0.15, -0.1) is 0 Å². The third kappa shape index (κ3) is 4.43. The number of anilines is 1. The monoisotopic (exact) mass is 477 g/mol. The van der Waals surface area contributed by atoms with Crippen molar-refractivity contribution in [2.45, 2.75) is 23.6 Å². The summed E-state index contributed by atoms with van der Waals surface area (Å²) >= 11 is 1.42. The number of rotatable bonds is 4. The van der Waals surface area contributed by atoms with Crippen molar-refractivity contribution >= 4 is 34.9 Å². The van der Waals surface area contributed by atoms with Gasteiger partial charge in [0, 0.05) is 37.5 Å². The van der Waals surface area contributed by atoms with Crippen LogP contribution in [-0.4, -0.2) is 17.5 Å². The number of fused-ring (bicyclic) bond motifs is 2. The van der Waals surface area contributed by atoms with Crippen LogP contribution in [0.25, 0.3) is 0 Å². The van der Waals surface area contributed by atoms with Gasteiger partial charge in [0.25, 0.3) is 5.91 Å². The highest BCUT2D eigenvalue weighted by molar-refractivity contribution is 7.99. The van der Waals surface area contributed by atoms with Gasteiger partial charge in [-0.3, -0.25) is 14.4 Å². The van der Waals surface area contributed by atoms with Crippen molar-refractivity contribution in [2.24, 2.45) is 5.41 Å². The number of allylic oxidation sites excluding steroid dienone is 4. The van der Waals surface area contributed by atoms with Crippen LogP contribution in [0.1, 0.15) is 45.7 Å². The minimum absolute atomic E-state index is 0.167. The summed E-state index contributed by atoms with van der Waals surface area (Å²) in [6, 6.07) is 20.0. The van der Waals surface area contributed by atoms with Gasteiger partial charge in [0.2, 0.25) is 0 Å². The molecule has 4 nitrogen and oxygen atoms in total. The smallest absolute Gasteiger partial charge is 0.255 e. The van der Waals surface area contributed by atoms with E-state index >= 15 is 0 Å². The van der Waals surface area contributed by atoms with Gasteiger partial charge in [-0.05, 0) is 30.3 Å². The average molecular weight is 478 g/mol. The Kier molecular flexibility index (Phi) is 5.87. The van der Waals surface area contributed by atoms with E-state index in [4.69, 9.17) is 0 Å². The zero-order chi connectivity index (χ0) is 24.6. The molecule has 1 N–H and O–H groups in total. The van der Waals surface area contributed by atoms with Gasteiger partial charge in [0.1, 0.15) is 0 Å². The van der Waals surface area contributed by atoms with Crippen molar-refractivity contribution in [1.82, 2.24) is 0 Å². The molecule has 0 fully saturated rings. The van der Waals surface area contributed by atoms with E-state index in [2.05, 4.69) is 19.2 Å². The fourth-order valence-electron chi connectivity index (χ4n) is 4.16. The van der Waals surface area contributed by atoms with Crippen molar-refractivity contribution < 1.29 is 14.4 Å². The normalized spacial score (nSPS) is 15.7. The molecule has 0 heterocycles. The highest BCUT2D eigenvalue weighted by atomic mass is 32.2. The van der Waals surface area contributed by atoms with E-state index in [9.17, 15) is 14.4 Å². The van der Waals surface area contributed by atoms with Crippen LogP contribution in [0.5, 0.6) is 0 Å². The molecule has 35 heavy (non-hydrogen) atoms. The van der Waals surface area contributed by atoms with Crippen LogP contribution in [0.3, 0.4) is 0 Å². The van der Waals surface area contributed by atoms with Gasteiger partial charge in [0.15, 0.2) is 11.6 Å². The molecule has 0 saturated heterocycles. The van der Waals surface area contributed by atoms with Crippen molar-refractivity contribution in [3.05, 3.63) is 125 Å². The summed E-state index contributed by atoms with van der Waals surface area (Å²) < 4.78 is 0. The van der Waals surface area contributed by atoms with Crippen LogP contribution in [0.15, 0.2) is 112 Å². The Morgan fingerprint density at radius 2 is 1.46 bits per heavy atom. The van der Waals surface area contributed by atoms with Crippen LogP contribution in [0.2, 0.25) is 0 Å². The maximum atomic E-state index is 13.6. The number of amides is 1. The maximum absolute atomic E-state index is 13.6. The molecule has 0 aromatic heterocycles. The van der Waals surface area contributed by atoms with E-state index in [1.165, 1.54) is 11.8 Å². The molecule has 172 valence electrons. The number of ketones is 2. The molecule has 0 radical (unpaired) electrons. The van der Waals surface area contributed by atoms with Crippen molar-refractivity contribution in [2.75, 3.05) is 5.32 Å². The van der Waals surface area contributed by atoms with Crippen molar-refractivity contribution in [3.8, 4) is 0 Å². The second kappa shape index (κ2) is 9.01. The molecule has 3 aromatic rings. The third-order valence-electron chi connectivity index (χ3n) is 6.01. The van der Waals surface area contributed by atoms with Gasteiger partial charge in [0.05, 0.1) is 11.3 Å². The van der Waals surface area contributed by atoms with Gasteiger partial charge >= 0.3 is 0 Å². The summed E-state index contributed by atoms with van der Waals surface area (Å²) in [6.07, 6.45) is 9.36. The second-order valence-corrected chi connectivity index (χ2v) is 10.2. The molecular weight excluding hydrogens is 454 g/mol. The maximum Gasteiger partial charge on any atom is 0.255 e. The average Bonchev–Trinajstić information content (AvgIpc) is 3.04. The summed E-state index contributed by atoms with van der Waals surface area (Å²) in [5, 5.41) is 2.89. The molecule has 2 aliphatic rings. The Labute approximate surface area is 208 Å². The van der Waals surface area contributed by atoms with Gasteiger partial charge < -0.3 is 5.32 Å². The molecule has 1 amide bonds. The fourth-order valence-corrected chi connectivity index (χ4v) is 5.14. The van der Waals surface area contributed by atoms with E-state index in [1.54, 1.807) is 48.6 Å². The Balaban J connectivity index is 1.59. The van der Waals surface area contributed by atoms with Crippen molar-refractivity contribution in [3.63, 3.8) is 0 Å². The predicted molar refractivity (Wildman–Crippen MR) is 139 cm³/mol. The molecule has 0 unspecified atom stereocenters. The molecule has 0 saturated carbocycles. The number of hydrogen-bond acceptors (Lipinski definition) is 4. The summed E-state index contributed by atoms with van der Waals surface area (Å²) in [4.78, 5) is 42.0. The van der Waals surface area contributed by atoms with Gasteiger partial charge in [-0.2, -0.15) is 0 Å². The summed E-state index contributed by atoms with van der Waals surface area (Å²) in [7, 11) is 0. The lowest BCUT2D eigenvalue weighted by Gasteiger charge is -2.23. The highest BCUT2D eigenvalue weighted by Gasteiger charge is 2.34. The van der Waals surface area contributed by atoms with E-state index in [0.29, 0.717) is 32.8 Å². The van der Waals surface area contributed by atoms with Crippen LogP contribution in [-0.2, 0) is 4.79 Å². The van der Waals surface area contributed by atoms with Gasteiger partial charge in [-0.1, -0.05) is 92.4 Å². The molecule has 0 bridgehead atoms. The standard InChI is InChI=1S/C30H23NO3S/c1-30(2)17-8-9-19(16-18-30)29(34)31-23-14-15-24(35-20-10-4-3-5-11-20)26-25(23)27(32)21-12-6-7-13-22(21)28(26)33/h3-18H,1-2H3,(H,31,34). The van der Waals surface area contributed by atoms with Crippen LogP contribution < -0.4 is 5.32 Å². The Morgan fingerprint density at radius 3 is 2.17 bits per heavy atom.